The molecule has 0 amide bonds. The number of rotatable bonds is 4. The van der Waals surface area contributed by atoms with Gasteiger partial charge in [-0.05, 0) is 12.1 Å². The van der Waals surface area contributed by atoms with Crippen molar-refractivity contribution in [2.24, 2.45) is 0 Å². The summed E-state index contributed by atoms with van der Waals surface area (Å²) < 4.78 is 5.54. The average molecular weight is 319 g/mol. The van der Waals surface area contributed by atoms with E-state index < -0.39 is 0 Å². The van der Waals surface area contributed by atoms with E-state index >= 15 is 0 Å². The lowest BCUT2D eigenvalue weighted by Gasteiger charge is -2.10. The van der Waals surface area contributed by atoms with E-state index in [0.717, 1.165) is 0 Å². The molecular formula is C12H10Cl3N3O. The number of benzene rings is 1. The van der Waals surface area contributed by atoms with Gasteiger partial charge in [-0.3, -0.25) is 4.98 Å². The van der Waals surface area contributed by atoms with Gasteiger partial charge < -0.3 is 10.1 Å². The van der Waals surface area contributed by atoms with Gasteiger partial charge in [0.1, 0.15) is 12.4 Å². The second kappa shape index (κ2) is 6.28. The van der Waals surface area contributed by atoms with Crippen LogP contribution < -0.4 is 10.1 Å². The maximum Gasteiger partial charge on any atom is 0.157 e. The van der Waals surface area contributed by atoms with Gasteiger partial charge in [-0.25, -0.2) is 4.98 Å². The number of anilines is 1. The Bertz CT molecular complexity index is 552. The molecule has 0 radical (unpaired) electrons. The van der Waals surface area contributed by atoms with Gasteiger partial charge in [-0.1, -0.05) is 34.8 Å². The van der Waals surface area contributed by atoms with Crippen molar-refractivity contribution in [3.8, 4) is 5.75 Å². The zero-order valence-corrected chi connectivity index (χ0v) is 12.2. The van der Waals surface area contributed by atoms with E-state index in [1.54, 1.807) is 31.6 Å². The summed E-state index contributed by atoms with van der Waals surface area (Å²) in [6.45, 7) is 0.220. The second-order valence-electron chi connectivity index (χ2n) is 3.63. The first-order valence-electron chi connectivity index (χ1n) is 5.36. The highest BCUT2D eigenvalue weighted by atomic mass is 35.5. The molecule has 7 heteroatoms. The predicted octanol–water partition coefficient (Wildman–Crippen LogP) is 4.06. The molecule has 1 aromatic carbocycles. The summed E-state index contributed by atoms with van der Waals surface area (Å²) in [5.41, 5.74) is 0.668. The third-order valence-electron chi connectivity index (χ3n) is 2.29. The fourth-order valence-corrected chi connectivity index (χ4v) is 2.30. The van der Waals surface area contributed by atoms with Crippen LogP contribution in [0.4, 0.5) is 5.82 Å². The van der Waals surface area contributed by atoms with E-state index in [1.165, 1.54) is 0 Å². The van der Waals surface area contributed by atoms with Gasteiger partial charge in [-0.2, -0.15) is 0 Å². The average Bonchev–Trinajstić information content (AvgIpc) is 2.38. The monoisotopic (exact) mass is 317 g/mol. The van der Waals surface area contributed by atoms with Crippen molar-refractivity contribution >= 4 is 40.6 Å². The Kier molecular flexibility index (Phi) is 4.69. The molecule has 1 heterocycles. The summed E-state index contributed by atoms with van der Waals surface area (Å²) in [5, 5.41) is 4.06. The van der Waals surface area contributed by atoms with Crippen molar-refractivity contribution in [2.75, 3.05) is 12.4 Å². The molecule has 0 atom stereocenters. The van der Waals surface area contributed by atoms with Gasteiger partial charge in [0.05, 0.1) is 28.1 Å². The smallest absolute Gasteiger partial charge is 0.157 e. The number of ether oxygens (including phenoxy) is 1. The quantitative estimate of drug-likeness (QED) is 0.923. The molecule has 0 aliphatic carbocycles. The van der Waals surface area contributed by atoms with Crippen LogP contribution in [0.3, 0.4) is 0 Å². The van der Waals surface area contributed by atoms with Crippen LogP contribution in [-0.2, 0) is 6.61 Å². The molecule has 2 rings (SSSR count). The number of nitrogens with zero attached hydrogens (tertiary/aromatic N) is 2. The number of hydrogen-bond acceptors (Lipinski definition) is 4. The highest BCUT2D eigenvalue weighted by Gasteiger charge is 2.09. The largest absolute Gasteiger partial charge is 0.484 e. The molecule has 0 saturated heterocycles. The molecule has 0 bridgehead atoms. The SMILES string of the molecule is CNc1cnc(COc2c(Cl)cc(Cl)cc2Cl)cn1. The Morgan fingerprint density at radius 1 is 1.11 bits per heavy atom. The number of halogens is 3. The van der Waals surface area contributed by atoms with Gasteiger partial charge in [0, 0.05) is 12.1 Å². The van der Waals surface area contributed by atoms with E-state index in [-0.39, 0.29) is 6.61 Å². The molecule has 1 aromatic heterocycles. The van der Waals surface area contributed by atoms with Crippen molar-refractivity contribution in [1.82, 2.24) is 9.97 Å². The maximum absolute atomic E-state index is 6.01. The molecule has 1 N–H and O–H groups in total. The van der Waals surface area contributed by atoms with Gasteiger partial charge >= 0.3 is 0 Å². The first-order chi connectivity index (χ1) is 9.10. The highest BCUT2D eigenvalue weighted by Crippen LogP contribution is 2.36. The minimum Gasteiger partial charge on any atom is -0.484 e. The van der Waals surface area contributed by atoms with Crippen LogP contribution in [0.25, 0.3) is 0 Å². The molecule has 2 aromatic rings. The van der Waals surface area contributed by atoms with E-state index in [0.29, 0.717) is 32.3 Å². The van der Waals surface area contributed by atoms with Crippen LogP contribution in [0.2, 0.25) is 15.1 Å². The van der Waals surface area contributed by atoms with E-state index in [4.69, 9.17) is 39.5 Å². The van der Waals surface area contributed by atoms with Crippen molar-refractivity contribution in [3.63, 3.8) is 0 Å². The minimum absolute atomic E-state index is 0.220. The fraction of sp³-hybridized carbons (Fsp3) is 0.167. The minimum atomic E-state index is 0.220. The summed E-state index contributed by atoms with van der Waals surface area (Å²) in [7, 11) is 1.77. The summed E-state index contributed by atoms with van der Waals surface area (Å²) in [4.78, 5) is 8.31. The summed E-state index contributed by atoms with van der Waals surface area (Å²) >= 11 is 17.8. The lowest BCUT2D eigenvalue weighted by molar-refractivity contribution is 0.301. The Labute approximate surface area is 125 Å². The maximum atomic E-state index is 6.01. The van der Waals surface area contributed by atoms with Crippen LogP contribution >= 0.6 is 34.8 Å². The normalized spacial score (nSPS) is 10.3. The molecule has 0 aliphatic rings. The number of aromatic nitrogens is 2. The van der Waals surface area contributed by atoms with Crippen molar-refractivity contribution in [2.45, 2.75) is 6.61 Å². The molecule has 0 spiro atoms. The van der Waals surface area contributed by atoms with Crippen LogP contribution in [0.5, 0.6) is 5.75 Å². The molecule has 0 unspecified atom stereocenters. The number of hydrogen-bond donors (Lipinski definition) is 1. The van der Waals surface area contributed by atoms with Gasteiger partial charge in [0.2, 0.25) is 0 Å². The summed E-state index contributed by atoms with van der Waals surface area (Å²) in [6, 6.07) is 3.14. The molecule has 0 saturated carbocycles. The van der Waals surface area contributed by atoms with Crippen LogP contribution in [0.1, 0.15) is 5.69 Å². The van der Waals surface area contributed by atoms with E-state index in [1.807, 2.05) is 0 Å². The molecule has 19 heavy (non-hydrogen) atoms. The zero-order chi connectivity index (χ0) is 13.8. The van der Waals surface area contributed by atoms with Crippen LogP contribution in [0.15, 0.2) is 24.5 Å². The second-order valence-corrected chi connectivity index (χ2v) is 4.88. The highest BCUT2D eigenvalue weighted by molar-refractivity contribution is 6.40. The summed E-state index contributed by atoms with van der Waals surface area (Å²) in [6.07, 6.45) is 3.23. The van der Waals surface area contributed by atoms with E-state index in [9.17, 15) is 0 Å². The van der Waals surface area contributed by atoms with Gasteiger partial charge in [0.15, 0.2) is 5.75 Å². The van der Waals surface area contributed by atoms with Crippen molar-refractivity contribution in [1.29, 1.82) is 0 Å². The molecule has 0 fully saturated rings. The lowest BCUT2D eigenvalue weighted by Crippen LogP contribution is -2.01. The molecular weight excluding hydrogens is 309 g/mol. The van der Waals surface area contributed by atoms with Crippen molar-refractivity contribution in [3.05, 3.63) is 45.3 Å². The van der Waals surface area contributed by atoms with E-state index in [2.05, 4.69) is 15.3 Å². The molecule has 100 valence electrons. The Morgan fingerprint density at radius 3 is 2.32 bits per heavy atom. The van der Waals surface area contributed by atoms with Gasteiger partial charge in [-0.15, -0.1) is 0 Å². The standard InChI is InChI=1S/C12H10Cl3N3O/c1-16-11-5-17-8(4-18-11)6-19-12-9(14)2-7(13)3-10(12)15/h2-5H,6H2,1H3,(H,16,18). The lowest BCUT2D eigenvalue weighted by atomic mass is 10.3. The fourth-order valence-electron chi connectivity index (χ4n) is 1.37. The predicted molar refractivity (Wildman–Crippen MR) is 77.4 cm³/mol. The Balaban J connectivity index is 2.10. The third kappa shape index (κ3) is 3.62. The summed E-state index contributed by atoms with van der Waals surface area (Å²) in [5.74, 6) is 1.07. The first kappa shape index (κ1) is 14.2. The number of nitrogens with one attached hydrogen (secondary N) is 1. The van der Waals surface area contributed by atoms with Gasteiger partial charge in [0.25, 0.3) is 0 Å². The van der Waals surface area contributed by atoms with Crippen LogP contribution in [0, 0.1) is 0 Å². The third-order valence-corrected chi connectivity index (χ3v) is 3.07. The van der Waals surface area contributed by atoms with Crippen LogP contribution in [-0.4, -0.2) is 17.0 Å². The Hall–Kier alpha value is -1.23. The zero-order valence-electron chi connectivity index (χ0n) is 9.95. The Morgan fingerprint density at radius 2 is 1.79 bits per heavy atom. The topological polar surface area (TPSA) is 47.0 Å². The van der Waals surface area contributed by atoms with Crippen molar-refractivity contribution < 1.29 is 4.74 Å². The molecule has 0 aliphatic heterocycles. The molecule has 4 nitrogen and oxygen atoms in total. The first-order valence-corrected chi connectivity index (χ1v) is 6.49.